The number of amides is 1. The number of rotatable bonds is 6. The molecule has 0 aliphatic rings. The first-order valence-corrected chi connectivity index (χ1v) is 11.2. The molecule has 1 N–H and O–H groups in total. The molecule has 0 fully saturated rings. The fourth-order valence-electron chi connectivity index (χ4n) is 3.11. The van der Waals surface area contributed by atoms with Crippen LogP contribution < -0.4 is 9.62 Å². The van der Waals surface area contributed by atoms with Gasteiger partial charge in [-0.3, -0.25) is 9.10 Å². The molecule has 0 saturated heterocycles. The first-order chi connectivity index (χ1) is 14.2. The lowest BCUT2D eigenvalue weighted by Crippen LogP contribution is -2.28. The fraction of sp³-hybridized carbons (Fsp3) is 0.208. The second-order valence-corrected chi connectivity index (χ2v) is 9.34. The zero-order valence-electron chi connectivity index (χ0n) is 17.6. The summed E-state index contributed by atoms with van der Waals surface area (Å²) in [6.07, 6.45) is 0. The van der Waals surface area contributed by atoms with Crippen molar-refractivity contribution in [3.63, 3.8) is 0 Å². The van der Waals surface area contributed by atoms with Crippen molar-refractivity contribution in [2.24, 2.45) is 0 Å². The van der Waals surface area contributed by atoms with Crippen LogP contribution in [0, 0.1) is 13.8 Å². The average molecular weight is 423 g/mol. The number of hydrogen-bond acceptors (Lipinski definition) is 3. The molecule has 0 aliphatic carbocycles. The summed E-state index contributed by atoms with van der Waals surface area (Å²) in [6, 6.07) is 20.8. The van der Waals surface area contributed by atoms with Crippen LogP contribution in [0.4, 0.5) is 5.69 Å². The maximum absolute atomic E-state index is 12.8. The lowest BCUT2D eigenvalue weighted by atomic mass is 10.0. The second-order valence-electron chi connectivity index (χ2n) is 7.37. The monoisotopic (exact) mass is 422 g/mol. The van der Waals surface area contributed by atoms with E-state index in [9.17, 15) is 13.2 Å². The van der Waals surface area contributed by atoms with Gasteiger partial charge in [0.25, 0.3) is 15.9 Å². The first kappa shape index (κ1) is 21.6. The van der Waals surface area contributed by atoms with E-state index in [4.69, 9.17) is 0 Å². The van der Waals surface area contributed by atoms with Crippen LogP contribution in [-0.4, -0.2) is 21.4 Å². The van der Waals surface area contributed by atoms with Crippen LogP contribution in [0.5, 0.6) is 0 Å². The van der Waals surface area contributed by atoms with E-state index in [1.807, 2.05) is 26.0 Å². The maximum Gasteiger partial charge on any atom is 0.264 e. The van der Waals surface area contributed by atoms with E-state index in [1.54, 1.807) is 54.6 Å². The largest absolute Gasteiger partial charge is 0.346 e. The highest BCUT2D eigenvalue weighted by atomic mass is 32.2. The highest BCUT2D eigenvalue weighted by molar-refractivity contribution is 7.92. The Balaban J connectivity index is 1.73. The van der Waals surface area contributed by atoms with Gasteiger partial charge in [-0.15, -0.1) is 0 Å². The molecule has 1 unspecified atom stereocenters. The summed E-state index contributed by atoms with van der Waals surface area (Å²) in [5, 5.41) is 2.99. The molecule has 3 aromatic rings. The first-order valence-electron chi connectivity index (χ1n) is 9.72. The number of anilines is 1. The molecule has 1 amide bonds. The minimum absolute atomic E-state index is 0.141. The van der Waals surface area contributed by atoms with Crippen molar-refractivity contribution in [3.05, 3.63) is 95.1 Å². The Kier molecular flexibility index (Phi) is 6.27. The van der Waals surface area contributed by atoms with E-state index in [2.05, 4.69) is 18.3 Å². The molecule has 5 nitrogen and oxygen atoms in total. The normalized spacial score (nSPS) is 12.3. The molecule has 0 spiro atoms. The number of hydrogen-bond donors (Lipinski definition) is 1. The van der Waals surface area contributed by atoms with Gasteiger partial charge < -0.3 is 5.32 Å². The molecular weight excluding hydrogens is 396 g/mol. The third-order valence-corrected chi connectivity index (χ3v) is 7.07. The van der Waals surface area contributed by atoms with E-state index in [0.717, 1.165) is 5.56 Å². The summed E-state index contributed by atoms with van der Waals surface area (Å²) in [7, 11) is -2.16. The molecule has 0 heterocycles. The summed E-state index contributed by atoms with van der Waals surface area (Å²) >= 11 is 0. The number of carbonyl (C=O) groups is 1. The Morgan fingerprint density at radius 3 is 2.13 bits per heavy atom. The quantitative estimate of drug-likeness (QED) is 0.630. The van der Waals surface area contributed by atoms with Crippen molar-refractivity contribution < 1.29 is 13.2 Å². The van der Waals surface area contributed by atoms with Gasteiger partial charge in [-0.25, -0.2) is 8.42 Å². The van der Waals surface area contributed by atoms with Gasteiger partial charge in [0, 0.05) is 12.6 Å². The molecule has 0 radical (unpaired) electrons. The van der Waals surface area contributed by atoms with Crippen LogP contribution >= 0.6 is 0 Å². The third kappa shape index (κ3) is 4.54. The number of carbonyl (C=O) groups excluding carboxylic acids is 1. The number of aryl methyl sites for hydroxylation is 2. The maximum atomic E-state index is 12.8. The summed E-state index contributed by atoms with van der Waals surface area (Å²) < 4.78 is 26.7. The van der Waals surface area contributed by atoms with Gasteiger partial charge in [-0.05, 0) is 73.9 Å². The minimum atomic E-state index is -3.66. The molecule has 0 saturated carbocycles. The minimum Gasteiger partial charge on any atom is -0.346 e. The van der Waals surface area contributed by atoms with Crippen LogP contribution in [0.25, 0.3) is 0 Å². The second kappa shape index (κ2) is 8.71. The number of benzene rings is 3. The Hall–Kier alpha value is -3.12. The summed E-state index contributed by atoms with van der Waals surface area (Å²) in [5.74, 6) is -0.208. The lowest BCUT2D eigenvalue weighted by Gasteiger charge is -2.20. The summed E-state index contributed by atoms with van der Waals surface area (Å²) in [6.45, 7) is 6.04. The lowest BCUT2D eigenvalue weighted by molar-refractivity contribution is 0.0940. The molecule has 6 heteroatoms. The number of nitrogens with zero attached hydrogens (tertiary/aromatic N) is 1. The van der Waals surface area contributed by atoms with E-state index in [1.165, 1.54) is 22.5 Å². The Bertz CT molecular complexity index is 1140. The van der Waals surface area contributed by atoms with Gasteiger partial charge in [0.15, 0.2) is 0 Å². The standard InChI is InChI=1S/C24H26N2O3S/c1-17-10-11-21(16-18(17)2)19(3)25-24(27)20-12-14-22(15-13-20)26(4)30(28,29)23-8-6-5-7-9-23/h5-16,19H,1-4H3,(H,25,27). The predicted octanol–water partition coefficient (Wildman–Crippen LogP) is 4.62. The molecule has 0 aromatic heterocycles. The van der Waals surface area contributed by atoms with Crippen LogP contribution in [0.1, 0.15) is 40.0 Å². The molecule has 0 aliphatic heterocycles. The van der Waals surface area contributed by atoms with Gasteiger partial charge in [-0.2, -0.15) is 0 Å². The molecular formula is C24H26N2O3S. The topological polar surface area (TPSA) is 66.5 Å². The highest BCUT2D eigenvalue weighted by Gasteiger charge is 2.21. The van der Waals surface area contributed by atoms with Crippen molar-refractivity contribution >= 4 is 21.6 Å². The molecule has 1 atom stereocenters. The van der Waals surface area contributed by atoms with Crippen molar-refractivity contribution in [1.29, 1.82) is 0 Å². The zero-order valence-corrected chi connectivity index (χ0v) is 18.4. The van der Waals surface area contributed by atoms with Gasteiger partial charge >= 0.3 is 0 Å². The van der Waals surface area contributed by atoms with Crippen LogP contribution in [-0.2, 0) is 10.0 Å². The Morgan fingerprint density at radius 1 is 0.900 bits per heavy atom. The molecule has 30 heavy (non-hydrogen) atoms. The molecule has 3 aromatic carbocycles. The van der Waals surface area contributed by atoms with E-state index in [-0.39, 0.29) is 16.8 Å². The van der Waals surface area contributed by atoms with E-state index < -0.39 is 10.0 Å². The van der Waals surface area contributed by atoms with Gasteiger partial charge in [0.2, 0.25) is 0 Å². The molecule has 156 valence electrons. The molecule has 0 bridgehead atoms. The van der Waals surface area contributed by atoms with Crippen LogP contribution in [0.2, 0.25) is 0 Å². The van der Waals surface area contributed by atoms with Crippen molar-refractivity contribution in [1.82, 2.24) is 5.32 Å². The number of sulfonamides is 1. The van der Waals surface area contributed by atoms with Gasteiger partial charge in [0.1, 0.15) is 0 Å². The summed E-state index contributed by atoms with van der Waals surface area (Å²) in [4.78, 5) is 12.9. The molecule has 3 rings (SSSR count). The average Bonchev–Trinajstić information content (AvgIpc) is 2.75. The van der Waals surface area contributed by atoms with Crippen LogP contribution in [0.15, 0.2) is 77.7 Å². The SMILES string of the molecule is Cc1ccc(C(C)NC(=O)c2ccc(N(C)S(=O)(=O)c3ccccc3)cc2)cc1C. The highest BCUT2D eigenvalue weighted by Crippen LogP contribution is 2.23. The fourth-order valence-corrected chi connectivity index (χ4v) is 4.33. The van der Waals surface area contributed by atoms with E-state index >= 15 is 0 Å². The Morgan fingerprint density at radius 2 is 1.53 bits per heavy atom. The smallest absolute Gasteiger partial charge is 0.264 e. The number of nitrogens with one attached hydrogen (secondary N) is 1. The van der Waals surface area contributed by atoms with Crippen LogP contribution in [0.3, 0.4) is 0 Å². The third-order valence-electron chi connectivity index (χ3n) is 5.27. The zero-order chi connectivity index (χ0) is 21.9. The van der Waals surface area contributed by atoms with Crippen molar-refractivity contribution in [2.45, 2.75) is 31.7 Å². The van der Waals surface area contributed by atoms with Gasteiger partial charge in [-0.1, -0.05) is 36.4 Å². The van der Waals surface area contributed by atoms with Crippen molar-refractivity contribution in [3.8, 4) is 0 Å². The van der Waals surface area contributed by atoms with Gasteiger partial charge in [0.05, 0.1) is 16.6 Å². The van der Waals surface area contributed by atoms with E-state index in [0.29, 0.717) is 11.3 Å². The predicted molar refractivity (Wildman–Crippen MR) is 120 cm³/mol. The van der Waals surface area contributed by atoms with Crippen molar-refractivity contribution in [2.75, 3.05) is 11.4 Å². The summed E-state index contributed by atoms with van der Waals surface area (Å²) in [5.41, 5.74) is 4.39. The Labute approximate surface area is 178 Å².